The summed E-state index contributed by atoms with van der Waals surface area (Å²) < 4.78 is 0. The van der Waals surface area contributed by atoms with E-state index in [2.05, 4.69) is 15.2 Å². The molecule has 0 radical (unpaired) electrons. The summed E-state index contributed by atoms with van der Waals surface area (Å²) in [4.78, 5) is 26.0. The van der Waals surface area contributed by atoms with Crippen LogP contribution in [0.3, 0.4) is 0 Å². The van der Waals surface area contributed by atoms with Crippen LogP contribution in [0.1, 0.15) is 5.56 Å². The average Bonchev–Trinajstić information content (AvgIpc) is 2.60. The van der Waals surface area contributed by atoms with Gasteiger partial charge in [-0.1, -0.05) is 28.8 Å². The molecule has 0 N–H and O–H groups in total. The van der Waals surface area contributed by atoms with Crippen molar-refractivity contribution in [3.8, 4) is 0 Å². The molecule has 7 nitrogen and oxygen atoms in total. The van der Waals surface area contributed by atoms with Crippen molar-refractivity contribution >= 4 is 23.2 Å². The molecule has 1 aliphatic rings. The Morgan fingerprint density at radius 1 is 1.44 bits per heavy atom. The van der Waals surface area contributed by atoms with Crippen LogP contribution in [-0.4, -0.2) is 10.8 Å². The zero-order valence-electron chi connectivity index (χ0n) is 7.66. The number of carbonyl (C=O) groups excluding carboxylic acids is 1. The largest absolute Gasteiger partial charge is 0.340 e. The molecule has 0 spiro atoms. The number of carbonyl (C=O) groups is 1. The van der Waals surface area contributed by atoms with E-state index in [-0.39, 0.29) is 11.3 Å². The summed E-state index contributed by atoms with van der Waals surface area (Å²) >= 11 is 5.83. The summed E-state index contributed by atoms with van der Waals surface area (Å²) in [5, 5.41) is 14.8. The van der Waals surface area contributed by atoms with Crippen molar-refractivity contribution < 1.29 is 14.6 Å². The van der Waals surface area contributed by atoms with Crippen LogP contribution in [-0.2, 0) is 14.7 Å². The maximum absolute atomic E-state index is 11.3. The van der Waals surface area contributed by atoms with E-state index in [1.54, 1.807) is 0 Å². The van der Waals surface area contributed by atoms with Crippen LogP contribution in [0.4, 0.5) is 5.69 Å². The molecule has 1 aliphatic heterocycles. The Labute approximate surface area is 93.8 Å². The number of halogens is 1. The molecule has 1 atom stereocenters. The van der Waals surface area contributed by atoms with Gasteiger partial charge in [0.1, 0.15) is 5.56 Å². The highest BCUT2D eigenvalue weighted by atomic mass is 35.5. The van der Waals surface area contributed by atoms with E-state index in [0.29, 0.717) is 0 Å². The van der Waals surface area contributed by atoms with Crippen molar-refractivity contribution in [1.82, 2.24) is 0 Å². The van der Waals surface area contributed by atoms with E-state index < -0.39 is 15.9 Å². The van der Waals surface area contributed by atoms with Crippen LogP contribution in [0.15, 0.2) is 34.7 Å². The molecule has 1 amide bonds. The van der Waals surface area contributed by atoms with Crippen LogP contribution >= 0.6 is 11.6 Å². The number of nitrogens with zero attached hydrogens (tertiary/aromatic N) is 3. The predicted octanol–water partition coefficient (Wildman–Crippen LogP) is 1.91. The average molecular weight is 242 g/mol. The monoisotopic (exact) mass is 241 g/mol. The van der Waals surface area contributed by atoms with E-state index in [9.17, 15) is 14.9 Å². The number of amides is 1. The van der Waals surface area contributed by atoms with Gasteiger partial charge in [0.25, 0.3) is 5.69 Å². The fraction of sp³-hybridized carbons (Fsp3) is 0.125. The van der Waals surface area contributed by atoms with Gasteiger partial charge >= 0.3 is 11.0 Å². The van der Waals surface area contributed by atoms with E-state index in [1.807, 2.05) is 0 Å². The lowest BCUT2D eigenvalue weighted by molar-refractivity contribution is -0.386. The van der Waals surface area contributed by atoms with E-state index in [4.69, 9.17) is 11.6 Å². The zero-order chi connectivity index (χ0) is 11.8. The van der Waals surface area contributed by atoms with Crippen molar-refractivity contribution in [2.24, 2.45) is 10.4 Å². The molecule has 1 aromatic carbocycles. The van der Waals surface area contributed by atoms with Crippen molar-refractivity contribution in [3.05, 3.63) is 39.9 Å². The second-order valence-electron chi connectivity index (χ2n) is 2.95. The first kappa shape index (κ1) is 10.5. The van der Waals surface area contributed by atoms with Crippen molar-refractivity contribution in [1.29, 1.82) is 0 Å². The van der Waals surface area contributed by atoms with Crippen LogP contribution in [0, 0.1) is 10.1 Å². The molecule has 1 aromatic rings. The van der Waals surface area contributed by atoms with Gasteiger partial charge in [-0.3, -0.25) is 14.9 Å². The number of para-hydroxylation sites is 1. The lowest BCUT2D eigenvalue weighted by atomic mass is 10.1. The second-order valence-corrected chi connectivity index (χ2v) is 3.48. The minimum Gasteiger partial charge on any atom is -0.340 e. The van der Waals surface area contributed by atoms with Gasteiger partial charge in [0.15, 0.2) is 0 Å². The fourth-order valence-electron chi connectivity index (χ4n) is 1.29. The summed E-state index contributed by atoms with van der Waals surface area (Å²) in [6, 6.07) is 5.49. The lowest BCUT2D eigenvalue weighted by Crippen LogP contribution is -2.27. The molecule has 0 saturated carbocycles. The van der Waals surface area contributed by atoms with Crippen molar-refractivity contribution in [3.63, 3.8) is 0 Å². The van der Waals surface area contributed by atoms with Crippen LogP contribution in [0.2, 0.25) is 0 Å². The third-order valence-electron chi connectivity index (χ3n) is 2.02. The van der Waals surface area contributed by atoms with Gasteiger partial charge in [-0.05, 0) is 6.07 Å². The molecule has 16 heavy (non-hydrogen) atoms. The van der Waals surface area contributed by atoms with E-state index >= 15 is 0 Å². The summed E-state index contributed by atoms with van der Waals surface area (Å²) in [6.07, 6.45) is 0. The third-order valence-corrected chi connectivity index (χ3v) is 2.45. The smallest absolute Gasteiger partial charge is 0.334 e. The molecule has 8 heteroatoms. The molecule has 2 rings (SSSR count). The maximum Gasteiger partial charge on any atom is 0.334 e. The van der Waals surface area contributed by atoms with E-state index in [1.165, 1.54) is 24.3 Å². The molecule has 1 unspecified atom stereocenters. The number of nitro groups is 1. The Bertz CT molecular complexity index is 504. The van der Waals surface area contributed by atoms with Gasteiger partial charge in [-0.15, -0.1) is 0 Å². The molecule has 82 valence electrons. The SMILES string of the molecule is O=C1N=NOC1(Cl)c1ccccc1[N+](=O)[O-]. The maximum atomic E-state index is 11.3. The first-order valence-corrected chi connectivity index (χ1v) is 4.50. The minimum absolute atomic E-state index is 0.0864. The molecule has 0 aromatic heterocycles. The van der Waals surface area contributed by atoms with Gasteiger partial charge in [0.2, 0.25) is 0 Å². The normalized spacial score (nSPS) is 23.2. The van der Waals surface area contributed by atoms with Crippen molar-refractivity contribution in [2.45, 2.75) is 5.06 Å². The van der Waals surface area contributed by atoms with Gasteiger partial charge in [-0.2, -0.15) is 0 Å². The van der Waals surface area contributed by atoms with Gasteiger partial charge < -0.3 is 4.84 Å². The molecule has 0 aliphatic carbocycles. The van der Waals surface area contributed by atoms with Gasteiger partial charge in [0, 0.05) is 11.3 Å². The Morgan fingerprint density at radius 2 is 2.12 bits per heavy atom. The Kier molecular flexibility index (Phi) is 2.31. The van der Waals surface area contributed by atoms with Gasteiger partial charge in [-0.25, -0.2) is 0 Å². The first-order chi connectivity index (χ1) is 7.55. The summed E-state index contributed by atoms with van der Waals surface area (Å²) in [6.45, 7) is 0. The van der Waals surface area contributed by atoms with E-state index in [0.717, 1.165) is 0 Å². The number of hydrogen-bond acceptors (Lipinski definition) is 5. The minimum atomic E-state index is -2.02. The highest BCUT2D eigenvalue weighted by Crippen LogP contribution is 2.40. The molecular weight excluding hydrogens is 238 g/mol. The highest BCUT2D eigenvalue weighted by molar-refractivity contribution is 6.34. The third kappa shape index (κ3) is 1.41. The number of benzene rings is 1. The zero-order valence-corrected chi connectivity index (χ0v) is 8.42. The standard InChI is InChI=1S/C8H4ClN3O4/c9-8(7(13)10-11-16-8)5-3-1-2-4-6(5)12(14)15/h1-4H. The summed E-state index contributed by atoms with van der Waals surface area (Å²) in [5.41, 5.74) is -0.408. The Morgan fingerprint density at radius 3 is 2.69 bits per heavy atom. The lowest BCUT2D eigenvalue weighted by Gasteiger charge is -2.14. The van der Waals surface area contributed by atoms with Crippen LogP contribution in [0.5, 0.6) is 0 Å². The molecular formula is C8H4ClN3O4. The molecule has 0 bridgehead atoms. The Balaban J connectivity index is 2.56. The topological polar surface area (TPSA) is 94.2 Å². The molecule has 1 heterocycles. The second kappa shape index (κ2) is 3.53. The molecule has 0 fully saturated rings. The highest BCUT2D eigenvalue weighted by Gasteiger charge is 2.49. The summed E-state index contributed by atoms with van der Waals surface area (Å²) in [5.74, 6) is -0.886. The predicted molar refractivity (Wildman–Crippen MR) is 51.6 cm³/mol. The van der Waals surface area contributed by atoms with Crippen LogP contribution < -0.4 is 0 Å². The van der Waals surface area contributed by atoms with Crippen LogP contribution in [0.25, 0.3) is 0 Å². The number of hydrogen-bond donors (Lipinski definition) is 0. The quantitative estimate of drug-likeness (QED) is 0.449. The summed E-state index contributed by atoms with van der Waals surface area (Å²) in [7, 11) is 0. The molecule has 0 saturated heterocycles. The fourth-order valence-corrected chi connectivity index (χ4v) is 1.51. The number of nitro benzene ring substituents is 1. The van der Waals surface area contributed by atoms with Gasteiger partial charge in [0.05, 0.1) is 4.92 Å². The Hall–Kier alpha value is -2.02. The number of alkyl halides is 1. The number of rotatable bonds is 2. The van der Waals surface area contributed by atoms with Crippen molar-refractivity contribution in [2.75, 3.05) is 0 Å². The first-order valence-electron chi connectivity index (χ1n) is 4.12.